The normalized spacial score (nSPS) is 24.5. The maximum atomic E-state index is 12.7. The van der Waals surface area contributed by atoms with Crippen LogP contribution in [-0.2, 0) is 17.6 Å². The summed E-state index contributed by atoms with van der Waals surface area (Å²) in [6.45, 7) is 4.52. The fourth-order valence-corrected chi connectivity index (χ4v) is 3.58. The number of benzene rings is 1. The first-order chi connectivity index (χ1) is 9.64. The number of ketones is 1. The molecule has 0 aliphatic carbocycles. The number of carbonyl (C=O) groups excluding carboxylic acids is 1. The van der Waals surface area contributed by atoms with Crippen molar-refractivity contribution in [2.75, 3.05) is 19.7 Å². The summed E-state index contributed by atoms with van der Waals surface area (Å²) in [7, 11) is 0. The lowest BCUT2D eigenvalue weighted by molar-refractivity contribution is -0.127. The van der Waals surface area contributed by atoms with E-state index in [1.165, 1.54) is 0 Å². The summed E-state index contributed by atoms with van der Waals surface area (Å²) < 4.78 is 5.69. The molecule has 0 amide bonds. The molecule has 0 spiro atoms. The molecule has 1 aromatic rings. The average Bonchev–Trinajstić information content (AvgIpc) is 3.07. The van der Waals surface area contributed by atoms with Crippen molar-refractivity contribution in [2.45, 2.75) is 32.6 Å². The van der Waals surface area contributed by atoms with Crippen LogP contribution in [0.2, 0.25) is 5.02 Å². The van der Waals surface area contributed by atoms with Gasteiger partial charge in [0.25, 0.3) is 0 Å². The van der Waals surface area contributed by atoms with Gasteiger partial charge in [0, 0.05) is 35.4 Å². The predicted molar refractivity (Wildman–Crippen MR) is 79.6 cm³/mol. The molecule has 108 valence electrons. The summed E-state index contributed by atoms with van der Waals surface area (Å²) in [5, 5.41) is 4.02. The number of carbonyl (C=O) groups is 1. The second kappa shape index (κ2) is 5.38. The molecule has 3 nitrogen and oxygen atoms in total. The van der Waals surface area contributed by atoms with Crippen LogP contribution in [0.5, 0.6) is 5.75 Å². The maximum Gasteiger partial charge on any atom is 0.144 e. The average molecular weight is 294 g/mol. The Hall–Kier alpha value is -1.06. The topological polar surface area (TPSA) is 38.3 Å². The molecule has 2 aliphatic heterocycles. The first-order valence-corrected chi connectivity index (χ1v) is 7.70. The van der Waals surface area contributed by atoms with Crippen LogP contribution in [0.3, 0.4) is 0 Å². The van der Waals surface area contributed by atoms with Gasteiger partial charge in [-0.05, 0) is 37.1 Å². The number of Topliss-reactive ketones (excluding diaryl/α,β-unsaturated/α-hetero) is 1. The molecule has 2 heterocycles. The van der Waals surface area contributed by atoms with Crippen LogP contribution in [0.4, 0.5) is 0 Å². The van der Waals surface area contributed by atoms with E-state index in [4.69, 9.17) is 16.3 Å². The van der Waals surface area contributed by atoms with Gasteiger partial charge in [-0.2, -0.15) is 0 Å². The summed E-state index contributed by atoms with van der Waals surface area (Å²) in [4.78, 5) is 12.7. The highest BCUT2D eigenvalue weighted by atomic mass is 35.5. The summed E-state index contributed by atoms with van der Waals surface area (Å²) in [6.07, 6.45) is 3.14. The van der Waals surface area contributed by atoms with Crippen molar-refractivity contribution in [3.8, 4) is 5.75 Å². The molecule has 0 radical (unpaired) electrons. The molecular weight excluding hydrogens is 274 g/mol. The molecule has 2 aliphatic rings. The van der Waals surface area contributed by atoms with E-state index in [1.54, 1.807) is 0 Å². The maximum absolute atomic E-state index is 12.7. The van der Waals surface area contributed by atoms with Gasteiger partial charge in [-0.15, -0.1) is 0 Å². The molecule has 1 fully saturated rings. The third-order valence-corrected chi connectivity index (χ3v) is 4.91. The van der Waals surface area contributed by atoms with Crippen molar-refractivity contribution in [3.63, 3.8) is 0 Å². The van der Waals surface area contributed by atoms with Gasteiger partial charge in [0.2, 0.25) is 0 Å². The van der Waals surface area contributed by atoms with E-state index in [9.17, 15) is 4.79 Å². The molecule has 1 aromatic carbocycles. The molecule has 4 heteroatoms. The Kier molecular flexibility index (Phi) is 3.74. The van der Waals surface area contributed by atoms with Gasteiger partial charge in [-0.3, -0.25) is 4.79 Å². The van der Waals surface area contributed by atoms with Gasteiger partial charge in [-0.1, -0.05) is 18.5 Å². The van der Waals surface area contributed by atoms with Crippen molar-refractivity contribution < 1.29 is 9.53 Å². The lowest BCUT2D eigenvalue weighted by Gasteiger charge is -2.25. The minimum Gasteiger partial charge on any atom is -0.493 e. The zero-order valence-corrected chi connectivity index (χ0v) is 12.6. The first kappa shape index (κ1) is 13.9. The first-order valence-electron chi connectivity index (χ1n) is 7.33. The number of rotatable bonds is 4. The van der Waals surface area contributed by atoms with Gasteiger partial charge in [0.05, 0.1) is 6.61 Å². The molecule has 1 N–H and O–H groups in total. The van der Waals surface area contributed by atoms with Crippen molar-refractivity contribution in [3.05, 3.63) is 28.3 Å². The second-order valence-corrected chi connectivity index (χ2v) is 6.25. The third-order valence-electron chi connectivity index (χ3n) is 4.69. The highest BCUT2D eigenvalue weighted by Gasteiger charge is 2.39. The van der Waals surface area contributed by atoms with Gasteiger partial charge in [0.15, 0.2) is 0 Å². The predicted octanol–water partition coefficient (Wildman–Crippen LogP) is 2.78. The summed E-state index contributed by atoms with van der Waals surface area (Å²) in [5.74, 6) is 1.20. The number of hydrogen-bond acceptors (Lipinski definition) is 3. The fraction of sp³-hybridized carbons (Fsp3) is 0.562. The number of halogens is 1. The van der Waals surface area contributed by atoms with E-state index in [2.05, 4.69) is 12.2 Å². The second-order valence-electron chi connectivity index (χ2n) is 5.81. The monoisotopic (exact) mass is 293 g/mol. The van der Waals surface area contributed by atoms with Crippen LogP contribution >= 0.6 is 11.6 Å². The number of ether oxygens (including phenoxy) is 1. The molecular formula is C16H20ClNO2. The molecule has 20 heavy (non-hydrogen) atoms. The number of hydrogen-bond donors (Lipinski definition) is 1. The van der Waals surface area contributed by atoms with Crippen LogP contribution in [0.1, 0.15) is 30.9 Å². The smallest absolute Gasteiger partial charge is 0.144 e. The van der Waals surface area contributed by atoms with Gasteiger partial charge in [-0.25, -0.2) is 0 Å². The fourth-order valence-electron chi connectivity index (χ4n) is 3.32. The largest absolute Gasteiger partial charge is 0.493 e. The summed E-state index contributed by atoms with van der Waals surface area (Å²) in [5.41, 5.74) is 1.89. The Morgan fingerprint density at radius 1 is 1.50 bits per heavy atom. The molecule has 1 unspecified atom stereocenters. The molecule has 1 saturated heterocycles. The Bertz CT molecular complexity index is 536. The highest BCUT2D eigenvalue weighted by molar-refractivity contribution is 6.30. The van der Waals surface area contributed by atoms with Crippen LogP contribution in [0.25, 0.3) is 0 Å². The minimum absolute atomic E-state index is 0.201. The lowest BCUT2D eigenvalue weighted by Crippen LogP contribution is -2.34. The van der Waals surface area contributed by atoms with Crippen molar-refractivity contribution in [1.82, 2.24) is 5.32 Å². The standard InChI is InChI=1S/C16H20ClNO2/c1-2-16(4-5-18-10-16)14(19)9-12-8-13(17)7-11-3-6-20-15(11)12/h7-8,18H,2-6,9-10H2,1H3. The van der Waals surface area contributed by atoms with Crippen molar-refractivity contribution in [2.24, 2.45) is 5.41 Å². The number of nitrogens with one attached hydrogen (secondary N) is 1. The summed E-state index contributed by atoms with van der Waals surface area (Å²) >= 11 is 6.16. The van der Waals surface area contributed by atoms with E-state index in [-0.39, 0.29) is 5.41 Å². The SMILES string of the molecule is CCC1(C(=O)Cc2cc(Cl)cc3c2OCC3)CCNC1. The van der Waals surface area contributed by atoms with E-state index >= 15 is 0 Å². The molecule has 1 atom stereocenters. The Morgan fingerprint density at radius 3 is 3.05 bits per heavy atom. The van der Waals surface area contributed by atoms with Gasteiger partial charge in [0.1, 0.15) is 11.5 Å². The van der Waals surface area contributed by atoms with Crippen LogP contribution in [0, 0.1) is 5.41 Å². The Balaban J connectivity index is 1.86. The zero-order chi connectivity index (χ0) is 14.2. The van der Waals surface area contributed by atoms with Gasteiger partial charge >= 0.3 is 0 Å². The number of fused-ring (bicyclic) bond motifs is 1. The van der Waals surface area contributed by atoms with E-state index < -0.39 is 0 Å². The quantitative estimate of drug-likeness (QED) is 0.928. The zero-order valence-electron chi connectivity index (χ0n) is 11.8. The third kappa shape index (κ3) is 2.33. The lowest BCUT2D eigenvalue weighted by atomic mass is 9.77. The minimum atomic E-state index is -0.201. The molecule has 0 aromatic heterocycles. The van der Waals surface area contributed by atoms with E-state index in [0.717, 1.165) is 49.2 Å². The Morgan fingerprint density at radius 2 is 2.35 bits per heavy atom. The Labute approximate surface area is 124 Å². The van der Waals surface area contributed by atoms with Crippen LogP contribution in [0.15, 0.2) is 12.1 Å². The molecule has 0 saturated carbocycles. The van der Waals surface area contributed by atoms with E-state index in [1.807, 2.05) is 12.1 Å². The van der Waals surface area contributed by atoms with Crippen molar-refractivity contribution in [1.29, 1.82) is 0 Å². The van der Waals surface area contributed by atoms with E-state index in [0.29, 0.717) is 23.8 Å². The van der Waals surface area contributed by atoms with Crippen LogP contribution in [-0.4, -0.2) is 25.5 Å². The molecule has 0 bridgehead atoms. The van der Waals surface area contributed by atoms with Gasteiger partial charge < -0.3 is 10.1 Å². The summed E-state index contributed by atoms with van der Waals surface area (Å²) in [6, 6.07) is 3.83. The van der Waals surface area contributed by atoms with Crippen molar-refractivity contribution >= 4 is 17.4 Å². The highest BCUT2D eigenvalue weighted by Crippen LogP contribution is 2.37. The molecule has 3 rings (SSSR count). The van der Waals surface area contributed by atoms with Crippen LogP contribution < -0.4 is 10.1 Å².